The Morgan fingerprint density at radius 2 is 1.89 bits per heavy atom. The first-order valence-corrected chi connectivity index (χ1v) is 9.91. The molecular weight excluding hydrogens is 366 g/mol. The van der Waals surface area contributed by atoms with E-state index in [4.69, 9.17) is 4.74 Å². The number of unbranched alkanes of at least 4 members (excludes halogenated alkanes) is 1. The van der Waals surface area contributed by atoms with E-state index < -0.39 is 6.61 Å². The van der Waals surface area contributed by atoms with E-state index in [9.17, 15) is 8.78 Å². The van der Waals surface area contributed by atoms with Crippen LogP contribution in [0.4, 0.5) is 8.78 Å². The maximum Gasteiger partial charge on any atom is 0.387 e. The van der Waals surface area contributed by atoms with Gasteiger partial charge in [-0.05, 0) is 45.5 Å². The molecule has 28 heavy (non-hydrogen) atoms. The number of hydrogen-bond donors (Lipinski definition) is 2. The average molecular weight is 401 g/mol. The van der Waals surface area contributed by atoms with Crippen LogP contribution in [-0.2, 0) is 6.54 Å². The minimum absolute atomic E-state index is 0.0570. The summed E-state index contributed by atoms with van der Waals surface area (Å²) in [4.78, 5) is 6.57. The third-order valence-corrected chi connectivity index (χ3v) is 4.33. The van der Waals surface area contributed by atoms with Crippen molar-refractivity contribution in [3.63, 3.8) is 0 Å². The number of rotatable bonds is 13. The largest absolute Gasteiger partial charge is 0.490 e. The fourth-order valence-corrected chi connectivity index (χ4v) is 2.80. The summed E-state index contributed by atoms with van der Waals surface area (Å²) < 4.78 is 35.7. The number of benzene rings is 1. The highest BCUT2D eigenvalue weighted by Gasteiger charge is 2.16. The third kappa shape index (κ3) is 8.73. The zero-order valence-corrected chi connectivity index (χ0v) is 17.4. The minimum atomic E-state index is -2.91. The molecule has 0 aliphatic heterocycles. The second kappa shape index (κ2) is 14.0. The molecule has 1 rings (SSSR count). The van der Waals surface area contributed by atoms with Gasteiger partial charge in [0.2, 0.25) is 0 Å². The van der Waals surface area contributed by atoms with Crippen molar-refractivity contribution < 1.29 is 18.3 Å². The van der Waals surface area contributed by atoms with Gasteiger partial charge in [0.1, 0.15) is 0 Å². The van der Waals surface area contributed by atoms with Gasteiger partial charge in [0.25, 0.3) is 0 Å². The molecule has 2 N–H and O–H groups in total. The van der Waals surface area contributed by atoms with Crippen LogP contribution in [0.3, 0.4) is 0 Å². The van der Waals surface area contributed by atoms with Gasteiger partial charge in [0, 0.05) is 25.7 Å². The molecule has 0 atom stereocenters. The van der Waals surface area contributed by atoms with Crippen molar-refractivity contribution in [2.24, 2.45) is 4.99 Å². The van der Waals surface area contributed by atoms with Gasteiger partial charge in [0.05, 0.1) is 6.61 Å². The first-order valence-electron chi connectivity index (χ1n) is 9.91. The highest BCUT2D eigenvalue weighted by atomic mass is 19.3. The lowest BCUT2D eigenvalue weighted by atomic mass is 10.2. The zero-order valence-electron chi connectivity index (χ0n) is 17.4. The van der Waals surface area contributed by atoms with E-state index in [1.54, 1.807) is 32.2 Å². The monoisotopic (exact) mass is 400 g/mol. The highest BCUT2D eigenvalue weighted by Crippen LogP contribution is 2.32. The van der Waals surface area contributed by atoms with Gasteiger partial charge in [-0.2, -0.15) is 8.78 Å². The zero-order chi connectivity index (χ0) is 20.8. The fourth-order valence-electron chi connectivity index (χ4n) is 2.80. The Morgan fingerprint density at radius 1 is 1.14 bits per heavy atom. The second-order valence-corrected chi connectivity index (χ2v) is 6.14. The molecule has 0 bridgehead atoms. The summed E-state index contributed by atoms with van der Waals surface area (Å²) in [5.41, 5.74) is 0.579. The quantitative estimate of drug-likeness (QED) is 0.302. The maximum atomic E-state index is 12.8. The lowest BCUT2D eigenvalue weighted by Gasteiger charge is -2.18. The molecule has 0 spiro atoms. The number of nitrogens with zero attached hydrogens (tertiary/aromatic N) is 2. The first kappa shape index (κ1) is 23.9. The Bertz CT molecular complexity index is 581. The lowest BCUT2D eigenvalue weighted by Crippen LogP contribution is -2.37. The van der Waals surface area contributed by atoms with E-state index in [1.165, 1.54) is 0 Å². The summed E-state index contributed by atoms with van der Waals surface area (Å²) in [5.74, 6) is 0.982. The summed E-state index contributed by atoms with van der Waals surface area (Å²) in [6, 6.07) is 5.10. The average Bonchev–Trinajstić information content (AvgIpc) is 2.68. The Morgan fingerprint density at radius 3 is 2.50 bits per heavy atom. The van der Waals surface area contributed by atoms with E-state index in [0.29, 0.717) is 30.4 Å². The summed E-state index contributed by atoms with van der Waals surface area (Å²) in [6.07, 6.45) is 2.13. The van der Waals surface area contributed by atoms with Gasteiger partial charge >= 0.3 is 6.61 Å². The van der Waals surface area contributed by atoms with E-state index >= 15 is 0 Å². The molecule has 0 aliphatic carbocycles. The van der Waals surface area contributed by atoms with Crippen molar-refractivity contribution in [2.75, 3.05) is 39.8 Å². The Hall–Kier alpha value is -2.09. The van der Waals surface area contributed by atoms with Crippen LogP contribution in [0.2, 0.25) is 0 Å². The predicted octanol–water partition coefficient (Wildman–Crippen LogP) is 3.47. The van der Waals surface area contributed by atoms with Gasteiger partial charge in [-0.3, -0.25) is 4.99 Å². The third-order valence-electron chi connectivity index (χ3n) is 4.33. The van der Waals surface area contributed by atoms with Crippen LogP contribution >= 0.6 is 0 Å². The molecule has 0 aromatic heterocycles. The Balaban J connectivity index is 2.55. The van der Waals surface area contributed by atoms with Crippen LogP contribution in [0.5, 0.6) is 11.5 Å². The predicted molar refractivity (Wildman–Crippen MR) is 109 cm³/mol. The molecule has 0 heterocycles. The maximum absolute atomic E-state index is 12.8. The van der Waals surface area contributed by atoms with Gasteiger partial charge in [-0.15, -0.1) is 0 Å². The molecule has 1 aromatic carbocycles. The normalized spacial score (nSPS) is 11.8. The number of aliphatic imine (C=N–C) groups is 1. The SMILES string of the molecule is CCOc1cccc(CNC(=NC)NCCCCN(CC)CC)c1OC(F)F. The summed E-state index contributed by atoms with van der Waals surface area (Å²) in [6.45, 7) is 7.88. The summed E-state index contributed by atoms with van der Waals surface area (Å²) >= 11 is 0. The number of halogens is 2. The molecule has 0 saturated carbocycles. The molecule has 0 aliphatic rings. The number of alkyl halides is 2. The van der Waals surface area contributed by atoms with E-state index in [0.717, 1.165) is 39.0 Å². The van der Waals surface area contributed by atoms with Crippen molar-refractivity contribution in [3.8, 4) is 11.5 Å². The van der Waals surface area contributed by atoms with Crippen LogP contribution in [0, 0.1) is 0 Å². The van der Waals surface area contributed by atoms with Crippen molar-refractivity contribution >= 4 is 5.96 Å². The smallest absolute Gasteiger partial charge is 0.387 e. The van der Waals surface area contributed by atoms with E-state index in [-0.39, 0.29) is 5.75 Å². The number of nitrogens with one attached hydrogen (secondary N) is 2. The van der Waals surface area contributed by atoms with Crippen LogP contribution in [0.15, 0.2) is 23.2 Å². The fraction of sp³-hybridized carbons (Fsp3) is 0.650. The first-order chi connectivity index (χ1) is 13.5. The van der Waals surface area contributed by atoms with Crippen molar-refractivity contribution in [3.05, 3.63) is 23.8 Å². The highest BCUT2D eigenvalue weighted by molar-refractivity contribution is 5.79. The summed E-state index contributed by atoms with van der Waals surface area (Å²) in [5, 5.41) is 6.39. The van der Waals surface area contributed by atoms with Crippen LogP contribution in [0.25, 0.3) is 0 Å². The molecule has 0 radical (unpaired) electrons. The molecule has 0 amide bonds. The Kier molecular flexibility index (Phi) is 12.0. The Labute approximate surface area is 167 Å². The van der Waals surface area contributed by atoms with Gasteiger partial charge < -0.3 is 25.0 Å². The van der Waals surface area contributed by atoms with Crippen molar-refractivity contribution in [2.45, 2.75) is 46.8 Å². The molecule has 0 saturated heterocycles. The second-order valence-electron chi connectivity index (χ2n) is 6.14. The van der Waals surface area contributed by atoms with Crippen LogP contribution in [-0.4, -0.2) is 57.3 Å². The van der Waals surface area contributed by atoms with E-state index in [1.807, 2.05) is 0 Å². The number of ether oxygens (including phenoxy) is 2. The molecule has 0 fully saturated rings. The van der Waals surface area contributed by atoms with Gasteiger partial charge in [-0.25, -0.2) is 0 Å². The molecular formula is C20H34F2N4O2. The summed E-state index contributed by atoms with van der Waals surface area (Å²) in [7, 11) is 1.68. The van der Waals surface area contributed by atoms with Crippen molar-refractivity contribution in [1.82, 2.24) is 15.5 Å². The van der Waals surface area contributed by atoms with E-state index in [2.05, 4.69) is 39.1 Å². The topological polar surface area (TPSA) is 58.1 Å². The molecule has 6 nitrogen and oxygen atoms in total. The van der Waals surface area contributed by atoms with Gasteiger partial charge in [-0.1, -0.05) is 26.0 Å². The molecule has 160 valence electrons. The van der Waals surface area contributed by atoms with Crippen LogP contribution < -0.4 is 20.1 Å². The van der Waals surface area contributed by atoms with Crippen LogP contribution in [0.1, 0.15) is 39.2 Å². The minimum Gasteiger partial charge on any atom is -0.490 e. The lowest BCUT2D eigenvalue weighted by molar-refractivity contribution is -0.0520. The standard InChI is InChI=1S/C20H34F2N4O2/c1-5-26(6-2)14-9-8-13-24-20(23-4)25-15-16-11-10-12-17(27-7-3)18(16)28-19(21)22/h10-12,19H,5-9,13-15H2,1-4H3,(H2,23,24,25). The van der Waals surface area contributed by atoms with Gasteiger partial charge in [0.15, 0.2) is 17.5 Å². The number of para-hydroxylation sites is 1. The number of guanidine groups is 1. The molecule has 0 unspecified atom stereocenters. The molecule has 1 aromatic rings. The van der Waals surface area contributed by atoms with Crippen molar-refractivity contribution in [1.29, 1.82) is 0 Å². The molecule has 8 heteroatoms. The number of hydrogen-bond acceptors (Lipinski definition) is 4.